The van der Waals surface area contributed by atoms with E-state index in [1.807, 2.05) is 0 Å². The lowest BCUT2D eigenvalue weighted by molar-refractivity contribution is -0.172. The predicted molar refractivity (Wildman–Crippen MR) is 107 cm³/mol. The molecule has 4 fully saturated rings. The van der Waals surface area contributed by atoms with Gasteiger partial charge in [0.05, 0.1) is 12.2 Å². The molecule has 2 heteroatoms. The number of aliphatic hydroxyl groups excluding tert-OH is 2. The first-order valence-electron chi connectivity index (χ1n) is 11.7. The highest BCUT2D eigenvalue weighted by Crippen LogP contribution is 2.68. The molecule has 10 atom stereocenters. The second kappa shape index (κ2) is 6.76. The topological polar surface area (TPSA) is 40.5 Å². The SMILES string of the molecule is CCC[C@@H](C)C1CCC2C3C[C@H](O)[C@@H]4C[C@H](O)CC[C@]4(C)C3CC[C@@]21C. The maximum Gasteiger partial charge on any atom is 0.0577 e. The van der Waals surface area contributed by atoms with Gasteiger partial charge in [-0.25, -0.2) is 0 Å². The number of fused-ring (bicyclic) bond motifs is 5. The van der Waals surface area contributed by atoms with Gasteiger partial charge in [0.25, 0.3) is 0 Å². The molecule has 4 unspecified atom stereocenters. The lowest BCUT2D eigenvalue weighted by Crippen LogP contribution is -2.58. The molecule has 0 spiro atoms. The van der Waals surface area contributed by atoms with Crippen LogP contribution in [0.5, 0.6) is 0 Å². The van der Waals surface area contributed by atoms with Gasteiger partial charge in [-0.05, 0) is 97.7 Å². The van der Waals surface area contributed by atoms with Crippen LogP contribution in [0.25, 0.3) is 0 Å². The van der Waals surface area contributed by atoms with E-state index in [0.717, 1.165) is 55.3 Å². The summed E-state index contributed by atoms with van der Waals surface area (Å²) in [6.07, 6.45) is 11.8. The van der Waals surface area contributed by atoms with Gasteiger partial charge < -0.3 is 10.2 Å². The van der Waals surface area contributed by atoms with Crippen LogP contribution >= 0.6 is 0 Å². The molecule has 0 heterocycles. The molecule has 150 valence electrons. The first kappa shape index (κ1) is 19.2. The van der Waals surface area contributed by atoms with Crippen molar-refractivity contribution in [1.82, 2.24) is 0 Å². The van der Waals surface area contributed by atoms with Crippen molar-refractivity contribution in [2.45, 2.75) is 104 Å². The summed E-state index contributed by atoms with van der Waals surface area (Å²) in [5.74, 6) is 4.40. The van der Waals surface area contributed by atoms with Gasteiger partial charge >= 0.3 is 0 Å². The summed E-state index contributed by atoms with van der Waals surface area (Å²) in [4.78, 5) is 0. The Balaban J connectivity index is 1.60. The molecule has 0 aliphatic heterocycles. The number of hydrogen-bond acceptors (Lipinski definition) is 2. The van der Waals surface area contributed by atoms with Crippen LogP contribution in [0, 0.1) is 46.3 Å². The number of aliphatic hydroxyl groups is 2. The van der Waals surface area contributed by atoms with E-state index in [2.05, 4.69) is 27.7 Å². The van der Waals surface area contributed by atoms with Crippen molar-refractivity contribution in [1.29, 1.82) is 0 Å². The van der Waals surface area contributed by atoms with Gasteiger partial charge in [0.1, 0.15) is 0 Å². The van der Waals surface area contributed by atoms with Gasteiger partial charge in [0.2, 0.25) is 0 Å². The first-order chi connectivity index (χ1) is 12.3. The molecule has 4 rings (SSSR count). The minimum Gasteiger partial charge on any atom is -0.393 e. The minimum absolute atomic E-state index is 0.182. The summed E-state index contributed by atoms with van der Waals surface area (Å²) in [5, 5.41) is 21.3. The Morgan fingerprint density at radius 1 is 0.885 bits per heavy atom. The van der Waals surface area contributed by atoms with E-state index in [-0.39, 0.29) is 17.6 Å². The Morgan fingerprint density at radius 3 is 2.31 bits per heavy atom. The van der Waals surface area contributed by atoms with E-state index >= 15 is 0 Å². The summed E-state index contributed by atoms with van der Waals surface area (Å²) in [6, 6.07) is 0. The van der Waals surface area contributed by atoms with Crippen LogP contribution in [0.1, 0.15) is 91.9 Å². The molecule has 0 amide bonds. The summed E-state index contributed by atoms with van der Waals surface area (Å²) in [6.45, 7) is 9.92. The molecule has 2 N–H and O–H groups in total. The third kappa shape index (κ3) is 2.72. The number of rotatable bonds is 3. The lowest BCUT2D eigenvalue weighted by Gasteiger charge is -2.62. The highest BCUT2D eigenvalue weighted by Gasteiger charge is 2.62. The van der Waals surface area contributed by atoms with Crippen LogP contribution in [0.3, 0.4) is 0 Å². The Kier molecular flexibility index (Phi) is 5.01. The van der Waals surface area contributed by atoms with E-state index < -0.39 is 0 Å². The molecule has 4 saturated carbocycles. The molecule has 4 aliphatic carbocycles. The quantitative estimate of drug-likeness (QED) is 0.704. The molecule has 0 aromatic heterocycles. The summed E-state index contributed by atoms with van der Waals surface area (Å²) < 4.78 is 0. The fourth-order valence-electron chi connectivity index (χ4n) is 8.91. The van der Waals surface area contributed by atoms with Crippen LogP contribution in [-0.4, -0.2) is 22.4 Å². The summed E-state index contributed by atoms with van der Waals surface area (Å²) in [5.41, 5.74) is 0.767. The molecule has 0 saturated heterocycles. The average Bonchev–Trinajstić information content (AvgIpc) is 2.94. The van der Waals surface area contributed by atoms with Gasteiger partial charge in [-0.3, -0.25) is 0 Å². The Hall–Kier alpha value is -0.0800. The Bertz CT molecular complexity index is 518. The lowest BCUT2D eigenvalue weighted by atomic mass is 9.44. The summed E-state index contributed by atoms with van der Waals surface area (Å²) >= 11 is 0. The molecular formula is C24H42O2. The number of hydrogen-bond donors (Lipinski definition) is 2. The van der Waals surface area contributed by atoms with Gasteiger partial charge in [-0.1, -0.05) is 40.5 Å². The van der Waals surface area contributed by atoms with Crippen molar-refractivity contribution >= 4 is 0 Å². The smallest absolute Gasteiger partial charge is 0.0577 e. The maximum absolute atomic E-state index is 11.1. The normalized spacial score (nSPS) is 54.9. The van der Waals surface area contributed by atoms with E-state index in [4.69, 9.17) is 0 Å². The average molecular weight is 363 g/mol. The van der Waals surface area contributed by atoms with Crippen molar-refractivity contribution in [2.75, 3.05) is 0 Å². The Morgan fingerprint density at radius 2 is 1.58 bits per heavy atom. The van der Waals surface area contributed by atoms with Gasteiger partial charge in [0, 0.05) is 0 Å². The fraction of sp³-hybridized carbons (Fsp3) is 1.00. The zero-order chi connectivity index (χ0) is 18.7. The molecule has 26 heavy (non-hydrogen) atoms. The second-order valence-electron chi connectivity index (χ2n) is 11.2. The van der Waals surface area contributed by atoms with E-state index in [9.17, 15) is 10.2 Å². The molecule has 0 bridgehead atoms. The van der Waals surface area contributed by atoms with Crippen molar-refractivity contribution in [3.8, 4) is 0 Å². The first-order valence-corrected chi connectivity index (χ1v) is 11.7. The molecule has 4 aliphatic rings. The summed E-state index contributed by atoms with van der Waals surface area (Å²) in [7, 11) is 0. The standard InChI is InChI=1S/C24H42O2/c1-5-6-15(2)18-7-8-19-17-14-22(26)21-13-16(25)9-11-24(21,4)20(17)10-12-23(18,19)3/h15-22,25-26H,5-14H2,1-4H3/t15-,16-,17?,18?,19?,20?,21+,22+,23-,24-/m1/s1. The molecule has 0 aromatic carbocycles. The third-order valence-electron chi connectivity index (χ3n) is 10.2. The van der Waals surface area contributed by atoms with E-state index in [1.165, 1.54) is 38.5 Å². The maximum atomic E-state index is 11.1. The van der Waals surface area contributed by atoms with Gasteiger partial charge in [-0.15, -0.1) is 0 Å². The van der Waals surface area contributed by atoms with Crippen LogP contribution in [0.15, 0.2) is 0 Å². The fourth-order valence-corrected chi connectivity index (χ4v) is 8.91. The van der Waals surface area contributed by atoms with Crippen LogP contribution in [0.4, 0.5) is 0 Å². The molecule has 0 aromatic rings. The van der Waals surface area contributed by atoms with E-state index in [0.29, 0.717) is 11.3 Å². The molecule has 2 nitrogen and oxygen atoms in total. The minimum atomic E-state index is -0.189. The Labute approximate surface area is 161 Å². The van der Waals surface area contributed by atoms with Crippen LogP contribution < -0.4 is 0 Å². The predicted octanol–water partition coefficient (Wildman–Crippen LogP) is 5.41. The van der Waals surface area contributed by atoms with Crippen molar-refractivity contribution < 1.29 is 10.2 Å². The van der Waals surface area contributed by atoms with E-state index in [1.54, 1.807) is 0 Å². The van der Waals surface area contributed by atoms with Gasteiger partial charge in [-0.2, -0.15) is 0 Å². The van der Waals surface area contributed by atoms with Crippen molar-refractivity contribution in [2.24, 2.45) is 46.3 Å². The largest absolute Gasteiger partial charge is 0.393 e. The molecular weight excluding hydrogens is 320 g/mol. The third-order valence-corrected chi connectivity index (χ3v) is 10.2. The monoisotopic (exact) mass is 362 g/mol. The zero-order valence-electron chi connectivity index (χ0n) is 17.6. The van der Waals surface area contributed by atoms with Gasteiger partial charge in [0.15, 0.2) is 0 Å². The van der Waals surface area contributed by atoms with Crippen LogP contribution in [0.2, 0.25) is 0 Å². The highest BCUT2D eigenvalue weighted by atomic mass is 16.3. The second-order valence-corrected chi connectivity index (χ2v) is 11.2. The molecule has 0 radical (unpaired) electrons. The van der Waals surface area contributed by atoms with Crippen LogP contribution in [-0.2, 0) is 0 Å². The highest BCUT2D eigenvalue weighted by molar-refractivity contribution is 5.11. The zero-order valence-corrected chi connectivity index (χ0v) is 17.6. The van der Waals surface area contributed by atoms with Crippen molar-refractivity contribution in [3.63, 3.8) is 0 Å². The van der Waals surface area contributed by atoms with Crippen molar-refractivity contribution in [3.05, 3.63) is 0 Å².